The van der Waals surface area contributed by atoms with Crippen LogP contribution in [-0.4, -0.2) is 8.42 Å². The van der Waals surface area contributed by atoms with Crippen LogP contribution in [0.3, 0.4) is 0 Å². The number of rotatable bonds is 8. The van der Waals surface area contributed by atoms with Crippen molar-refractivity contribution in [2.45, 2.75) is 30.3 Å². The Kier molecular flexibility index (Phi) is 6.86. The largest absolute Gasteiger partial charge is 0.241 e. The van der Waals surface area contributed by atoms with E-state index in [1.54, 1.807) is 12.1 Å². The van der Waals surface area contributed by atoms with Crippen LogP contribution in [0, 0.1) is 0 Å². The second kappa shape index (κ2) is 9.34. The van der Waals surface area contributed by atoms with Gasteiger partial charge in [-0.1, -0.05) is 79.7 Å². The minimum atomic E-state index is -3.74. The van der Waals surface area contributed by atoms with Gasteiger partial charge in [-0.15, -0.1) is 0 Å². The topological polar surface area (TPSA) is 58.2 Å². The molecule has 0 radical (unpaired) electrons. The van der Waals surface area contributed by atoms with E-state index < -0.39 is 22.1 Å². The molecule has 0 saturated heterocycles. The molecule has 0 saturated carbocycles. The van der Waals surface area contributed by atoms with Gasteiger partial charge in [0, 0.05) is 0 Å². The molecule has 0 bridgehead atoms. The molecule has 0 spiro atoms. The Bertz CT molecular complexity index is 978. The Balaban J connectivity index is 1.99. The summed E-state index contributed by atoms with van der Waals surface area (Å²) in [7, 11) is -3.74. The first-order chi connectivity index (χ1) is 13.5. The SMILES string of the molecule is CCc1ccc(S(=O)(=O)N[C@@H](c2ccccc2)[C@@H](NCl)c2ccccc2)cc1. The highest BCUT2D eigenvalue weighted by Gasteiger charge is 2.29. The molecule has 0 heterocycles. The number of hydrogen-bond donors (Lipinski definition) is 2. The third-order valence-corrected chi connectivity index (χ3v) is 6.38. The average Bonchev–Trinajstić information content (AvgIpc) is 2.75. The first-order valence-electron chi connectivity index (χ1n) is 9.12. The van der Waals surface area contributed by atoms with Gasteiger partial charge in [0.1, 0.15) is 0 Å². The van der Waals surface area contributed by atoms with Crippen LogP contribution in [0.5, 0.6) is 0 Å². The third kappa shape index (κ3) is 4.80. The quantitative estimate of drug-likeness (QED) is 0.523. The summed E-state index contributed by atoms with van der Waals surface area (Å²) < 4.78 is 29.0. The molecule has 0 aromatic heterocycles. The lowest BCUT2D eigenvalue weighted by molar-refractivity contribution is 0.482. The summed E-state index contributed by atoms with van der Waals surface area (Å²) in [6.45, 7) is 2.03. The van der Waals surface area contributed by atoms with E-state index in [-0.39, 0.29) is 4.90 Å². The number of hydrogen-bond acceptors (Lipinski definition) is 3. The lowest BCUT2D eigenvalue weighted by atomic mass is 9.95. The fraction of sp³-hybridized carbons (Fsp3) is 0.182. The molecule has 146 valence electrons. The van der Waals surface area contributed by atoms with Crippen molar-refractivity contribution in [3.63, 3.8) is 0 Å². The summed E-state index contributed by atoms with van der Waals surface area (Å²) in [6.07, 6.45) is 0.854. The molecule has 0 fully saturated rings. The highest BCUT2D eigenvalue weighted by Crippen LogP contribution is 2.31. The second-order valence-corrected chi connectivity index (χ2v) is 8.44. The van der Waals surface area contributed by atoms with E-state index in [0.717, 1.165) is 23.1 Å². The molecule has 0 aliphatic heterocycles. The fourth-order valence-corrected chi connectivity index (χ4v) is 4.60. The minimum absolute atomic E-state index is 0.229. The van der Waals surface area contributed by atoms with E-state index >= 15 is 0 Å². The monoisotopic (exact) mass is 414 g/mol. The van der Waals surface area contributed by atoms with Crippen LogP contribution in [0.25, 0.3) is 0 Å². The molecule has 2 atom stereocenters. The van der Waals surface area contributed by atoms with E-state index in [9.17, 15) is 8.42 Å². The number of halogens is 1. The smallest absolute Gasteiger partial charge is 0.224 e. The lowest BCUT2D eigenvalue weighted by Gasteiger charge is -2.27. The van der Waals surface area contributed by atoms with Crippen LogP contribution >= 0.6 is 11.8 Å². The first kappa shape index (κ1) is 20.6. The molecule has 28 heavy (non-hydrogen) atoms. The van der Waals surface area contributed by atoms with E-state index in [0.29, 0.717) is 0 Å². The van der Waals surface area contributed by atoms with Crippen molar-refractivity contribution >= 4 is 21.8 Å². The van der Waals surface area contributed by atoms with Crippen molar-refractivity contribution in [2.75, 3.05) is 0 Å². The molecule has 0 aliphatic carbocycles. The van der Waals surface area contributed by atoms with E-state index in [1.165, 1.54) is 0 Å². The molecule has 0 unspecified atom stereocenters. The zero-order valence-electron chi connectivity index (χ0n) is 15.5. The Morgan fingerprint density at radius 3 is 1.75 bits per heavy atom. The molecule has 3 aromatic rings. The van der Waals surface area contributed by atoms with Crippen molar-refractivity contribution in [1.29, 1.82) is 0 Å². The zero-order valence-corrected chi connectivity index (χ0v) is 17.1. The third-order valence-electron chi connectivity index (χ3n) is 4.69. The van der Waals surface area contributed by atoms with E-state index in [1.807, 2.05) is 79.7 Å². The van der Waals surface area contributed by atoms with Crippen molar-refractivity contribution in [3.8, 4) is 0 Å². The fourth-order valence-electron chi connectivity index (χ4n) is 3.11. The standard InChI is InChI=1S/C22H23ClN2O2S/c1-2-17-13-15-20(16-14-17)28(26,27)25-22(19-11-7-4-8-12-19)21(24-23)18-9-5-3-6-10-18/h3-16,21-22,24-25H,2H2,1H3/t21-,22-/m0/s1. The van der Waals surface area contributed by atoms with Crippen LogP contribution in [-0.2, 0) is 16.4 Å². The Labute approximate surface area is 171 Å². The molecule has 2 N–H and O–H groups in total. The highest BCUT2D eigenvalue weighted by atomic mass is 35.5. The Hall–Kier alpha value is -2.18. The average molecular weight is 415 g/mol. The van der Waals surface area contributed by atoms with Gasteiger partial charge in [-0.3, -0.25) is 0 Å². The molecule has 6 heteroatoms. The normalized spacial score (nSPS) is 13.8. The molecule has 0 aliphatic rings. The van der Waals surface area contributed by atoms with E-state index in [2.05, 4.69) is 9.56 Å². The van der Waals surface area contributed by atoms with Gasteiger partial charge in [-0.05, 0) is 47.0 Å². The molecular weight excluding hydrogens is 392 g/mol. The molecule has 0 amide bonds. The second-order valence-electron chi connectivity index (χ2n) is 6.50. The summed E-state index contributed by atoms with van der Waals surface area (Å²) >= 11 is 6.08. The maximum Gasteiger partial charge on any atom is 0.241 e. The molecule has 3 aromatic carbocycles. The van der Waals surface area contributed by atoms with E-state index in [4.69, 9.17) is 11.8 Å². The number of benzene rings is 3. The van der Waals surface area contributed by atoms with Crippen molar-refractivity contribution in [2.24, 2.45) is 0 Å². The van der Waals surface area contributed by atoms with Crippen LogP contribution in [0.4, 0.5) is 0 Å². The van der Waals surface area contributed by atoms with Gasteiger partial charge in [0.25, 0.3) is 0 Å². The van der Waals surface area contributed by atoms with Crippen LogP contribution < -0.4 is 9.56 Å². The van der Waals surface area contributed by atoms with Crippen molar-refractivity contribution < 1.29 is 8.42 Å². The van der Waals surface area contributed by atoms with Crippen LogP contribution in [0.2, 0.25) is 0 Å². The van der Waals surface area contributed by atoms with Gasteiger partial charge in [-0.2, -0.15) is 0 Å². The maximum atomic E-state index is 13.1. The first-order valence-corrected chi connectivity index (χ1v) is 11.0. The van der Waals surface area contributed by atoms with Crippen molar-refractivity contribution in [1.82, 2.24) is 9.56 Å². The zero-order chi connectivity index (χ0) is 20.0. The minimum Gasteiger partial charge on any atom is -0.224 e. The Morgan fingerprint density at radius 1 is 0.786 bits per heavy atom. The van der Waals surface area contributed by atoms with Crippen LogP contribution in [0.15, 0.2) is 89.8 Å². The number of aryl methyl sites for hydroxylation is 1. The predicted octanol–water partition coefficient (Wildman–Crippen LogP) is 4.75. The summed E-state index contributed by atoms with van der Waals surface area (Å²) in [5.74, 6) is 0. The highest BCUT2D eigenvalue weighted by molar-refractivity contribution is 7.89. The summed E-state index contributed by atoms with van der Waals surface area (Å²) in [4.78, 5) is 2.98. The molecular formula is C22H23ClN2O2S. The van der Waals surface area contributed by atoms with Crippen molar-refractivity contribution in [3.05, 3.63) is 102 Å². The number of nitrogens with one attached hydrogen (secondary N) is 2. The lowest BCUT2D eigenvalue weighted by Crippen LogP contribution is -2.36. The van der Waals surface area contributed by atoms with Gasteiger partial charge in [0.15, 0.2) is 0 Å². The van der Waals surface area contributed by atoms with Crippen LogP contribution in [0.1, 0.15) is 35.7 Å². The number of sulfonamides is 1. The maximum absolute atomic E-state index is 13.1. The summed E-state index contributed by atoms with van der Waals surface area (Å²) in [5.41, 5.74) is 2.79. The summed E-state index contributed by atoms with van der Waals surface area (Å²) in [5, 5.41) is 0. The molecule has 4 nitrogen and oxygen atoms in total. The van der Waals surface area contributed by atoms with Gasteiger partial charge in [-0.25, -0.2) is 18.0 Å². The van der Waals surface area contributed by atoms with Gasteiger partial charge in [0.05, 0.1) is 17.0 Å². The predicted molar refractivity (Wildman–Crippen MR) is 113 cm³/mol. The van der Waals surface area contributed by atoms with Gasteiger partial charge < -0.3 is 0 Å². The van der Waals surface area contributed by atoms with Gasteiger partial charge in [0.2, 0.25) is 10.0 Å². The summed E-state index contributed by atoms with van der Waals surface area (Å²) in [6, 6.07) is 24.9. The Morgan fingerprint density at radius 2 is 1.29 bits per heavy atom. The molecule has 3 rings (SSSR count). The van der Waals surface area contributed by atoms with Gasteiger partial charge >= 0.3 is 0 Å².